The van der Waals surface area contributed by atoms with E-state index in [-0.39, 0.29) is 62.7 Å². The number of amides is 1. The second kappa shape index (κ2) is 18.3. The van der Waals surface area contributed by atoms with Gasteiger partial charge in [-0.25, -0.2) is 17.6 Å². The molecular weight excluding hydrogens is 723 g/mol. The topological polar surface area (TPSA) is 171 Å². The second-order valence-electron chi connectivity index (χ2n) is 12.5. The molecule has 0 saturated heterocycles. The lowest BCUT2D eigenvalue weighted by Gasteiger charge is -2.25. The average molecular weight is 767 g/mol. The van der Waals surface area contributed by atoms with Crippen LogP contribution in [0.15, 0.2) is 76.9 Å². The number of ketones is 1. The summed E-state index contributed by atoms with van der Waals surface area (Å²) in [5, 5.41) is 12.9. The van der Waals surface area contributed by atoms with Gasteiger partial charge in [-0.05, 0) is 67.1 Å². The monoisotopic (exact) mass is 766 g/mol. The third-order valence-corrected chi connectivity index (χ3v) is 9.71. The van der Waals surface area contributed by atoms with Crippen LogP contribution in [0.3, 0.4) is 0 Å². The molecule has 1 aliphatic carbocycles. The number of halogens is 1. The summed E-state index contributed by atoms with van der Waals surface area (Å²) < 4.78 is 68.9. The van der Waals surface area contributed by atoms with E-state index < -0.39 is 33.4 Å². The van der Waals surface area contributed by atoms with Crippen LogP contribution in [0, 0.1) is 5.82 Å². The predicted molar refractivity (Wildman–Crippen MR) is 199 cm³/mol. The molecule has 54 heavy (non-hydrogen) atoms. The van der Waals surface area contributed by atoms with E-state index in [0.29, 0.717) is 41.0 Å². The smallest absolute Gasteiger partial charge is 0.373 e. The molecule has 15 heteroatoms. The first-order valence-corrected chi connectivity index (χ1v) is 19.3. The number of anilines is 1. The lowest BCUT2D eigenvalue weighted by Crippen LogP contribution is -2.34. The van der Waals surface area contributed by atoms with Crippen molar-refractivity contribution in [3.63, 3.8) is 0 Å². The lowest BCUT2D eigenvalue weighted by molar-refractivity contribution is -0.141. The largest absolute Gasteiger partial charge is 0.502 e. The van der Waals surface area contributed by atoms with Crippen molar-refractivity contribution in [3.8, 4) is 11.3 Å². The van der Waals surface area contributed by atoms with Gasteiger partial charge in [0.05, 0.1) is 70.3 Å². The van der Waals surface area contributed by atoms with Gasteiger partial charge in [0.25, 0.3) is 5.91 Å². The molecule has 1 heterocycles. The van der Waals surface area contributed by atoms with E-state index >= 15 is 0 Å². The van der Waals surface area contributed by atoms with E-state index in [2.05, 4.69) is 10.1 Å². The van der Waals surface area contributed by atoms with Crippen LogP contribution in [-0.2, 0) is 40.4 Å². The maximum absolute atomic E-state index is 13.7. The molecule has 1 fully saturated rings. The molecule has 1 aromatic heterocycles. The number of nitrogens with zero attached hydrogens (tertiary/aromatic N) is 1. The van der Waals surface area contributed by atoms with Crippen molar-refractivity contribution in [1.82, 2.24) is 5.32 Å². The van der Waals surface area contributed by atoms with Gasteiger partial charge in [-0.2, -0.15) is 0 Å². The molecule has 1 aliphatic rings. The summed E-state index contributed by atoms with van der Waals surface area (Å²) in [4.78, 5) is 36.8. The van der Waals surface area contributed by atoms with Gasteiger partial charge in [0.1, 0.15) is 17.2 Å². The van der Waals surface area contributed by atoms with Crippen molar-refractivity contribution in [2.75, 3.05) is 63.8 Å². The number of allylic oxidation sites excluding steroid dienone is 1. The third-order valence-electron chi connectivity index (χ3n) is 8.53. The number of hydrogen-bond acceptors (Lipinski definition) is 11. The Balaban J connectivity index is 1.12. The fourth-order valence-electron chi connectivity index (χ4n) is 5.72. The number of ether oxygens (including phenoxy) is 4. The van der Waals surface area contributed by atoms with Crippen molar-refractivity contribution in [2.24, 2.45) is 0 Å². The number of hydrogen-bond donors (Lipinski definition) is 2. The summed E-state index contributed by atoms with van der Waals surface area (Å²) in [7, 11) is -2.24. The van der Waals surface area contributed by atoms with Gasteiger partial charge in [0.2, 0.25) is 15.8 Å². The number of fused-ring (bicyclic) bond motifs is 1. The molecule has 4 aromatic rings. The first-order valence-electron chi connectivity index (χ1n) is 17.4. The fourth-order valence-corrected chi connectivity index (χ4v) is 6.64. The Kier molecular flexibility index (Phi) is 13.6. The third kappa shape index (κ3) is 10.3. The molecular formula is C39H43FN2O11S. The van der Waals surface area contributed by atoms with Gasteiger partial charge in [-0.1, -0.05) is 24.3 Å². The zero-order valence-corrected chi connectivity index (χ0v) is 31.1. The molecule has 13 nitrogen and oxygen atoms in total. The molecule has 0 aliphatic heterocycles. The Morgan fingerprint density at radius 2 is 1.61 bits per heavy atom. The molecule has 0 atom stereocenters. The van der Waals surface area contributed by atoms with Crippen LogP contribution in [0.4, 0.5) is 10.1 Å². The van der Waals surface area contributed by atoms with Gasteiger partial charge < -0.3 is 33.8 Å². The maximum Gasteiger partial charge on any atom is 0.373 e. The van der Waals surface area contributed by atoms with E-state index in [4.69, 9.17) is 18.6 Å². The van der Waals surface area contributed by atoms with Crippen LogP contribution in [0.5, 0.6) is 0 Å². The molecule has 1 amide bonds. The van der Waals surface area contributed by atoms with E-state index in [1.54, 1.807) is 37.3 Å². The Hall–Kier alpha value is -5.09. The quantitative estimate of drug-likeness (QED) is 0.0373. The molecule has 0 radical (unpaired) electrons. The van der Waals surface area contributed by atoms with E-state index in [1.807, 2.05) is 6.07 Å². The SMILES string of the molecule is CCOC(=O)C(O)=CC(=O)c1ccc(COCCOCCOCCN(c2cc3oc(-c4ccc(F)cc4)c(C(=O)NC)c3cc2C2CC2)S(C)(=O)=O)cc1. The number of esters is 1. The maximum atomic E-state index is 13.7. The summed E-state index contributed by atoms with van der Waals surface area (Å²) in [5.41, 5.74) is 3.47. The van der Waals surface area contributed by atoms with Crippen LogP contribution in [-0.4, -0.2) is 90.7 Å². The number of rotatable bonds is 20. The van der Waals surface area contributed by atoms with Crippen LogP contribution in [0.2, 0.25) is 0 Å². The molecule has 1 saturated carbocycles. The molecule has 5 rings (SSSR count). The Morgan fingerprint density at radius 3 is 2.22 bits per heavy atom. The highest BCUT2D eigenvalue weighted by atomic mass is 32.2. The van der Waals surface area contributed by atoms with E-state index in [0.717, 1.165) is 36.3 Å². The summed E-state index contributed by atoms with van der Waals surface area (Å²) in [6.45, 7) is 3.12. The van der Waals surface area contributed by atoms with Crippen LogP contribution in [0.1, 0.15) is 57.5 Å². The minimum absolute atomic E-state index is 0.0359. The number of sulfonamides is 1. The minimum atomic E-state index is -3.75. The summed E-state index contributed by atoms with van der Waals surface area (Å²) >= 11 is 0. The van der Waals surface area contributed by atoms with Crippen molar-refractivity contribution in [3.05, 3.63) is 101 Å². The number of aliphatic hydroxyl groups is 1. The summed E-state index contributed by atoms with van der Waals surface area (Å²) in [6.07, 6.45) is 3.70. The zero-order chi connectivity index (χ0) is 38.8. The molecule has 0 bridgehead atoms. The van der Waals surface area contributed by atoms with Gasteiger partial charge in [0.15, 0.2) is 5.78 Å². The molecule has 2 N–H and O–H groups in total. The van der Waals surface area contributed by atoms with E-state index in [1.165, 1.54) is 35.6 Å². The Labute approximate surface area is 312 Å². The van der Waals surface area contributed by atoms with Crippen LogP contribution < -0.4 is 9.62 Å². The van der Waals surface area contributed by atoms with Gasteiger partial charge in [0, 0.05) is 35.7 Å². The number of furan rings is 1. The summed E-state index contributed by atoms with van der Waals surface area (Å²) in [6, 6.07) is 15.6. The Morgan fingerprint density at radius 1 is 0.963 bits per heavy atom. The van der Waals surface area contributed by atoms with Crippen LogP contribution in [0.25, 0.3) is 22.3 Å². The van der Waals surface area contributed by atoms with Crippen LogP contribution >= 0.6 is 0 Å². The second-order valence-corrected chi connectivity index (χ2v) is 14.4. The number of carbonyl (C=O) groups excluding carboxylic acids is 3. The predicted octanol–water partition coefficient (Wildman–Crippen LogP) is 5.68. The lowest BCUT2D eigenvalue weighted by atomic mass is 10.0. The van der Waals surface area contributed by atoms with Crippen molar-refractivity contribution in [1.29, 1.82) is 0 Å². The molecule has 3 aromatic carbocycles. The minimum Gasteiger partial charge on any atom is -0.502 e. The fraction of sp³-hybridized carbons (Fsp3) is 0.359. The van der Waals surface area contributed by atoms with Gasteiger partial charge >= 0.3 is 5.97 Å². The number of benzene rings is 3. The number of carbonyl (C=O) groups is 3. The summed E-state index contributed by atoms with van der Waals surface area (Å²) in [5.74, 6) is -2.70. The highest BCUT2D eigenvalue weighted by molar-refractivity contribution is 7.92. The zero-order valence-electron chi connectivity index (χ0n) is 30.3. The molecule has 0 unspecified atom stereocenters. The first-order chi connectivity index (χ1) is 25.9. The normalized spacial score (nSPS) is 13.2. The average Bonchev–Trinajstić information content (AvgIpc) is 3.93. The Bertz CT molecular complexity index is 2090. The van der Waals surface area contributed by atoms with E-state index in [9.17, 15) is 32.3 Å². The number of aliphatic hydroxyl groups excluding tert-OH is 1. The molecule has 288 valence electrons. The number of nitrogens with one attached hydrogen (secondary N) is 1. The van der Waals surface area contributed by atoms with Crippen molar-refractivity contribution >= 4 is 44.3 Å². The van der Waals surface area contributed by atoms with Gasteiger partial charge in [-0.15, -0.1) is 0 Å². The highest BCUT2D eigenvalue weighted by Gasteiger charge is 2.33. The molecule has 0 spiro atoms. The standard InChI is InChI=1S/C39H43FN2O11S/c1-4-52-39(46)34(44)23-33(43)27-7-5-25(6-8-27)24-51-20-19-50-18-17-49-16-15-42(54(3,47)48)32-22-35-31(21-30(32)26-9-10-26)36(38(45)41-2)37(53-35)28-11-13-29(40)14-12-28/h5-8,11-14,21-23,26,44H,4,9-10,15-20,24H2,1-3H3,(H,41,45). The highest BCUT2D eigenvalue weighted by Crippen LogP contribution is 2.48. The van der Waals surface area contributed by atoms with Crippen molar-refractivity contribution < 1.29 is 55.7 Å². The van der Waals surface area contributed by atoms with Gasteiger partial charge in [-0.3, -0.25) is 13.9 Å². The van der Waals surface area contributed by atoms with Crippen molar-refractivity contribution in [2.45, 2.75) is 32.3 Å². The first kappa shape index (κ1) is 40.1.